The van der Waals surface area contributed by atoms with Crippen LogP contribution in [0.2, 0.25) is 5.02 Å². The number of likely N-dealkylation sites (tertiary alicyclic amines) is 1. The summed E-state index contributed by atoms with van der Waals surface area (Å²) in [5, 5.41) is 3.13. The smallest absolute Gasteiger partial charge is 0.328 e. The number of nitrogens with one attached hydrogen (secondary N) is 1. The van der Waals surface area contributed by atoms with E-state index in [9.17, 15) is 23.6 Å². The second kappa shape index (κ2) is 17.8. The lowest BCUT2D eigenvalue weighted by molar-refractivity contribution is -0.162. The molecule has 1 N–H and O–H groups in total. The highest BCUT2D eigenvalue weighted by molar-refractivity contribution is 6.30. The lowest BCUT2D eigenvalue weighted by Crippen LogP contribution is -2.49. The van der Waals surface area contributed by atoms with E-state index in [-0.39, 0.29) is 42.8 Å². The predicted molar refractivity (Wildman–Crippen MR) is 188 cm³/mol. The van der Waals surface area contributed by atoms with Crippen LogP contribution in [0.4, 0.5) is 4.39 Å². The molecular weight excluding hydrogens is 679 g/mol. The summed E-state index contributed by atoms with van der Waals surface area (Å²) in [7, 11) is 2.40. The summed E-state index contributed by atoms with van der Waals surface area (Å²) < 4.78 is 31.2. The number of ether oxygens (including phenoxy) is 3. The number of nitrogens with zero attached hydrogens (tertiary/aromatic N) is 1. The van der Waals surface area contributed by atoms with Crippen LogP contribution in [0.3, 0.4) is 0 Å². The summed E-state index contributed by atoms with van der Waals surface area (Å²) in [5.41, 5.74) is 0.717. The van der Waals surface area contributed by atoms with E-state index >= 15 is 4.79 Å². The Morgan fingerprint density at radius 3 is 2.37 bits per heavy atom. The third-order valence-corrected chi connectivity index (χ3v) is 10.5. The third kappa shape index (κ3) is 9.55. The summed E-state index contributed by atoms with van der Waals surface area (Å²) in [6.45, 7) is 9.85. The molecule has 2 amide bonds. The van der Waals surface area contributed by atoms with Crippen LogP contribution < -0.4 is 5.32 Å². The highest BCUT2D eigenvalue weighted by Gasteiger charge is 2.54. The molecule has 0 bridgehead atoms. The zero-order valence-electron chi connectivity index (χ0n) is 29.8. The molecule has 0 spiro atoms. The second-order valence-electron chi connectivity index (χ2n) is 13.9. The van der Waals surface area contributed by atoms with E-state index in [2.05, 4.69) is 32.7 Å². The van der Waals surface area contributed by atoms with Crippen molar-refractivity contribution in [1.82, 2.24) is 10.2 Å². The van der Waals surface area contributed by atoms with Gasteiger partial charge in [0.2, 0.25) is 11.8 Å². The number of hydrogen-bond acceptors (Lipinski definition) is 8. The number of rotatable bonds is 13. The third-order valence-electron chi connectivity index (χ3n) is 10.2. The standard InChI is InChI=1S/C39H48ClFN2O8/c1-7-33(44)42-35(24-10-8-12-26(40)19-24)29(16-17-34(45)49-5)37(46)43-31(39(48)50-6)21-30(36(43)25-11-9-13-27(41)20-25)38(47)51-32-18-23(4)14-15-28(32)22(2)3/h7-13,19-20,22-23,28-32,35-36H,1,14-18,21H2,2-6H3,(H,42,44)/t23-,28+,29-,30+,31+,32-,35-,36+/m1/s1. The fourth-order valence-electron chi connectivity index (χ4n) is 7.63. The minimum Gasteiger partial charge on any atom is -0.469 e. The van der Waals surface area contributed by atoms with E-state index in [1.807, 2.05) is 0 Å². The minimum atomic E-state index is -1.28. The van der Waals surface area contributed by atoms with Crippen LogP contribution in [-0.4, -0.2) is 61.0 Å². The van der Waals surface area contributed by atoms with Crippen LogP contribution in [-0.2, 0) is 38.2 Å². The Balaban J connectivity index is 1.86. The Kier molecular flexibility index (Phi) is 13.8. The molecule has 0 aromatic heterocycles. The minimum absolute atomic E-state index is 0.128. The van der Waals surface area contributed by atoms with Gasteiger partial charge in [0, 0.05) is 11.4 Å². The highest BCUT2D eigenvalue weighted by Crippen LogP contribution is 2.46. The quantitative estimate of drug-likeness (QED) is 0.140. The summed E-state index contributed by atoms with van der Waals surface area (Å²) >= 11 is 6.34. The lowest BCUT2D eigenvalue weighted by Gasteiger charge is -2.38. The fourth-order valence-corrected chi connectivity index (χ4v) is 7.83. The summed E-state index contributed by atoms with van der Waals surface area (Å²) in [6, 6.07) is 8.54. The molecule has 2 fully saturated rings. The molecule has 4 rings (SSSR count). The van der Waals surface area contributed by atoms with Crippen LogP contribution in [0.1, 0.15) is 82.5 Å². The van der Waals surface area contributed by atoms with E-state index in [1.165, 1.54) is 37.3 Å². The second-order valence-corrected chi connectivity index (χ2v) is 14.3. The van der Waals surface area contributed by atoms with Crippen LogP contribution in [0.5, 0.6) is 0 Å². The normalized spacial score (nSPS) is 24.3. The zero-order chi connectivity index (χ0) is 37.4. The average Bonchev–Trinajstić information content (AvgIpc) is 3.51. The number of amides is 2. The number of carbonyl (C=O) groups is 5. The fraction of sp³-hybridized carbons (Fsp3) is 0.513. The molecule has 2 aliphatic rings. The number of carbonyl (C=O) groups excluding carboxylic acids is 5. The predicted octanol–water partition coefficient (Wildman–Crippen LogP) is 6.53. The average molecular weight is 727 g/mol. The van der Waals surface area contributed by atoms with Crippen molar-refractivity contribution < 1.29 is 42.6 Å². The molecule has 0 unspecified atom stereocenters. The molecule has 276 valence electrons. The Bertz CT molecular complexity index is 1600. The summed E-state index contributed by atoms with van der Waals surface area (Å²) in [5.74, 6) is -5.44. The molecule has 51 heavy (non-hydrogen) atoms. The maximum atomic E-state index is 15.2. The van der Waals surface area contributed by atoms with E-state index in [0.29, 0.717) is 22.9 Å². The van der Waals surface area contributed by atoms with Gasteiger partial charge in [0.1, 0.15) is 18.0 Å². The van der Waals surface area contributed by atoms with Crippen molar-refractivity contribution in [1.29, 1.82) is 0 Å². The lowest BCUT2D eigenvalue weighted by atomic mass is 9.75. The van der Waals surface area contributed by atoms with E-state index in [1.54, 1.807) is 30.3 Å². The maximum absolute atomic E-state index is 15.2. The SMILES string of the molecule is C=CC(=O)N[C@H](c1cccc(Cl)c1)[C@@H](CCC(=O)OC)C(=O)N1[C@H](C(=O)OC)C[C@H](C(=O)O[C@@H]2C[C@H](C)CC[C@H]2C(C)C)[C@@H]1c1cccc(F)c1. The van der Waals surface area contributed by atoms with Crippen LogP contribution in [0.15, 0.2) is 61.2 Å². The van der Waals surface area contributed by atoms with Crippen molar-refractivity contribution in [3.05, 3.63) is 83.2 Å². The van der Waals surface area contributed by atoms with Gasteiger partial charge in [-0.2, -0.15) is 0 Å². The molecule has 2 aromatic carbocycles. The first-order chi connectivity index (χ1) is 24.3. The highest BCUT2D eigenvalue weighted by atomic mass is 35.5. The molecule has 10 nitrogen and oxygen atoms in total. The zero-order valence-corrected chi connectivity index (χ0v) is 30.6. The van der Waals surface area contributed by atoms with E-state index in [0.717, 1.165) is 18.9 Å². The van der Waals surface area contributed by atoms with Crippen molar-refractivity contribution >= 4 is 41.3 Å². The van der Waals surface area contributed by atoms with Crippen LogP contribution >= 0.6 is 11.6 Å². The van der Waals surface area contributed by atoms with Crippen molar-refractivity contribution in [3.63, 3.8) is 0 Å². The molecule has 2 aromatic rings. The molecule has 1 saturated carbocycles. The summed E-state index contributed by atoms with van der Waals surface area (Å²) in [6.07, 6.45) is 2.75. The molecule has 1 aliphatic heterocycles. The Morgan fingerprint density at radius 1 is 1.02 bits per heavy atom. The Hall–Kier alpha value is -4.25. The monoisotopic (exact) mass is 726 g/mol. The van der Waals surface area contributed by atoms with Gasteiger partial charge in [-0.15, -0.1) is 0 Å². The van der Waals surface area contributed by atoms with Gasteiger partial charge in [0.15, 0.2) is 0 Å². The van der Waals surface area contributed by atoms with Gasteiger partial charge in [0.05, 0.1) is 38.1 Å². The maximum Gasteiger partial charge on any atom is 0.328 e. The van der Waals surface area contributed by atoms with E-state index in [4.69, 9.17) is 25.8 Å². The summed E-state index contributed by atoms with van der Waals surface area (Å²) in [4.78, 5) is 69.6. The van der Waals surface area contributed by atoms with Crippen molar-refractivity contribution in [2.75, 3.05) is 14.2 Å². The van der Waals surface area contributed by atoms with Crippen molar-refractivity contribution in [2.24, 2.45) is 29.6 Å². The van der Waals surface area contributed by atoms with Crippen molar-refractivity contribution in [2.45, 2.75) is 83.5 Å². The van der Waals surface area contributed by atoms with Gasteiger partial charge in [-0.1, -0.05) is 69.6 Å². The number of esters is 3. The van der Waals surface area contributed by atoms with Gasteiger partial charge < -0.3 is 24.4 Å². The van der Waals surface area contributed by atoms with Crippen LogP contribution in [0, 0.1) is 35.4 Å². The van der Waals surface area contributed by atoms with Crippen LogP contribution in [0.25, 0.3) is 0 Å². The topological polar surface area (TPSA) is 128 Å². The van der Waals surface area contributed by atoms with Gasteiger partial charge in [-0.05, 0) is 84.9 Å². The molecule has 1 heterocycles. The van der Waals surface area contributed by atoms with Gasteiger partial charge in [0.25, 0.3) is 0 Å². The first kappa shape index (κ1) is 39.5. The molecule has 12 heteroatoms. The Labute approximate surface area is 304 Å². The first-order valence-corrected chi connectivity index (χ1v) is 17.8. The van der Waals surface area contributed by atoms with E-state index < -0.39 is 65.5 Å². The number of methoxy groups -OCH3 is 2. The van der Waals surface area contributed by atoms with Gasteiger partial charge >= 0.3 is 17.9 Å². The first-order valence-electron chi connectivity index (χ1n) is 17.4. The number of halogens is 2. The number of hydrogen-bond donors (Lipinski definition) is 1. The van der Waals surface area contributed by atoms with Gasteiger partial charge in [-0.25, -0.2) is 9.18 Å². The van der Waals surface area contributed by atoms with Crippen molar-refractivity contribution in [3.8, 4) is 0 Å². The molecule has 0 radical (unpaired) electrons. The molecule has 1 saturated heterocycles. The van der Waals surface area contributed by atoms with Gasteiger partial charge in [-0.3, -0.25) is 19.2 Å². The molecular formula is C39H48ClFN2O8. The Morgan fingerprint density at radius 2 is 1.75 bits per heavy atom. The number of benzene rings is 2. The molecule has 1 aliphatic carbocycles. The largest absolute Gasteiger partial charge is 0.469 e. The molecule has 8 atom stereocenters.